The summed E-state index contributed by atoms with van der Waals surface area (Å²) in [6, 6.07) is 75.9. The van der Waals surface area contributed by atoms with Crippen molar-refractivity contribution in [2.24, 2.45) is 0 Å². The lowest BCUT2D eigenvalue weighted by Gasteiger charge is -2.46. The van der Waals surface area contributed by atoms with Crippen molar-refractivity contribution in [3.8, 4) is 44.5 Å². The summed E-state index contributed by atoms with van der Waals surface area (Å²) in [6.07, 6.45) is 0. The first kappa shape index (κ1) is 38.5. The predicted molar refractivity (Wildman–Crippen MR) is 268 cm³/mol. The molecule has 9 aromatic rings. The van der Waals surface area contributed by atoms with Gasteiger partial charge in [-0.05, 0) is 145 Å². The van der Waals surface area contributed by atoms with E-state index < -0.39 is 5.41 Å². The highest BCUT2D eigenvalue weighted by atomic mass is 15.1. The zero-order valence-corrected chi connectivity index (χ0v) is 37.5. The van der Waals surface area contributed by atoms with Gasteiger partial charge in [0.2, 0.25) is 0 Å². The SMILES string of the molecule is Cc1cccc(-c2ccc(-c3ccc(N(c4ccc5c(c4)C(C)(C)c4ccccc4-5)c4ccc5c(c4)C4(c6ccccc6-5)c5ccccc5C(C)(C)c5ccccc54)c(C)c3)cc2)c1. The highest BCUT2D eigenvalue weighted by molar-refractivity contribution is 5.92. The van der Waals surface area contributed by atoms with Gasteiger partial charge < -0.3 is 4.90 Å². The van der Waals surface area contributed by atoms with Crippen molar-refractivity contribution in [3.05, 3.63) is 256 Å². The minimum Gasteiger partial charge on any atom is -0.310 e. The minimum atomic E-state index is -0.485. The maximum atomic E-state index is 2.53. The van der Waals surface area contributed by atoms with Gasteiger partial charge in [-0.2, -0.15) is 0 Å². The second-order valence-corrected chi connectivity index (χ2v) is 19.4. The Morgan fingerprint density at radius 3 is 1.36 bits per heavy atom. The summed E-state index contributed by atoms with van der Waals surface area (Å²) in [5.41, 5.74) is 26.3. The number of benzene rings is 9. The van der Waals surface area contributed by atoms with Crippen molar-refractivity contribution in [2.75, 3.05) is 4.90 Å². The monoisotopic (exact) mass is 821 g/mol. The lowest BCUT2D eigenvalue weighted by Crippen LogP contribution is -2.40. The number of hydrogen-bond acceptors (Lipinski definition) is 1. The summed E-state index contributed by atoms with van der Waals surface area (Å²) in [5.74, 6) is 0. The van der Waals surface area contributed by atoms with Crippen LogP contribution in [0, 0.1) is 13.8 Å². The summed E-state index contributed by atoms with van der Waals surface area (Å²) >= 11 is 0. The van der Waals surface area contributed by atoms with E-state index in [9.17, 15) is 0 Å². The molecule has 1 nitrogen and oxygen atoms in total. The number of rotatable bonds is 5. The molecule has 0 N–H and O–H groups in total. The lowest BCUT2D eigenvalue weighted by atomic mass is 9.55. The summed E-state index contributed by atoms with van der Waals surface area (Å²) < 4.78 is 0. The standard InChI is InChI=1S/C63H51N/c1-40-16-15-17-44(36-40)42-26-28-43(29-27-42)45-30-35-60(41(2)37-45)64(46-31-33-50-48-18-7-9-20-52(48)61(3,4)58(50)38-46)47-32-34-51-49-19-8-10-21-53(49)63(59(51)39-47)56-24-13-11-22-54(56)62(5,6)55-23-12-14-25-57(55)63/h7-39H,1-6H3. The maximum absolute atomic E-state index is 2.53. The second-order valence-electron chi connectivity index (χ2n) is 19.4. The molecule has 0 atom stereocenters. The molecule has 9 aromatic carbocycles. The molecule has 64 heavy (non-hydrogen) atoms. The Morgan fingerprint density at radius 2 is 0.766 bits per heavy atom. The van der Waals surface area contributed by atoms with Crippen LogP contribution >= 0.6 is 0 Å². The van der Waals surface area contributed by atoms with E-state index in [0.29, 0.717) is 0 Å². The Kier molecular flexibility index (Phi) is 8.35. The van der Waals surface area contributed by atoms with E-state index in [1.807, 2.05) is 0 Å². The van der Waals surface area contributed by atoms with Gasteiger partial charge in [-0.3, -0.25) is 0 Å². The molecule has 0 heterocycles. The Morgan fingerprint density at radius 1 is 0.312 bits per heavy atom. The van der Waals surface area contributed by atoms with Crippen molar-refractivity contribution in [1.82, 2.24) is 0 Å². The van der Waals surface area contributed by atoms with Crippen LogP contribution in [0.1, 0.15) is 83.3 Å². The first-order valence-corrected chi connectivity index (χ1v) is 22.8. The van der Waals surface area contributed by atoms with Crippen LogP contribution in [0.3, 0.4) is 0 Å². The molecule has 0 amide bonds. The highest BCUT2D eigenvalue weighted by Crippen LogP contribution is 2.63. The fraction of sp³-hybridized carbons (Fsp3) is 0.143. The zero-order chi connectivity index (χ0) is 43.5. The van der Waals surface area contributed by atoms with Gasteiger partial charge in [0, 0.05) is 27.9 Å². The number of hydrogen-bond donors (Lipinski definition) is 0. The molecule has 0 unspecified atom stereocenters. The molecule has 3 aliphatic rings. The molecule has 0 saturated heterocycles. The molecule has 3 aliphatic carbocycles. The zero-order valence-electron chi connectivity index (χ0n) is 37.5. The van der Waals surface area contributed by atoms with Crippen LogP contribution in [-0.4, -0.2) is 0 Å². The van der Waals surface area contributed by atoms with E-state index >= 15 is 0 Å². The maximum Gasteiger partial charge on any atom is 0.0720 e. The molecule has 1 heteroatoms. The van der Waals surface area contributed by atoms with Gasteiger partial charge in [-0.1, -0.05) is 197 Å². The number of fused-ring (bicyclic) bond motifs is 12. The average Bonchev–Trinajstić information content (AvgIpc) is 3.74. The van der Waals surface area contributed by atoms with Crippen molar-refractivity contribution in [1.29, 1.82) is 0 Å². The van der Waals surface area contributed by atoms with E-state index in [1.54, 1.807) is 0 Å². The van der Waals surface area contributed by atoms with Crippen LogP contribution in [0.2, 0.25) is 0 Å². The van der Waals surface area contributed by atoms with Crippen LogP contribution < -0.4 is 4.90 Å². The normalized spacial score (nSPS) is 15.1. The molecule has 1 spiro atoms. The number of anilines is 3. The Hall–Kier alpha value is -7.22. The predicted octanol–water partition coefficient (Wildman–Crippen LogP) is 16.4. The minimum absolute atomic E-state index is 0.136. The summed E-state index contributed by atoms with van der Waals surface area (Å²) in [6.45, 7) is 14.0. The number of aryl methyl sites for hydroxylation is 2. The third kappa shape index (κ3) is 5.37. The lowest BCUT2D eigenvalue weighted by molar-refractivity contribution is 0.563. The van der Waals surface area contributed by atoms with Gasteiger partial charge in [0.15, 0.2) is 0 Å². The van der Waals surface area contributed by atoms with Gasteiger partial charge >= 0.3 is 0 Å². The molecular weight excluding hydrogens is 771 g/mol. The molecule has 0 aliphatic heterocycles. The van der Waals surface area contributed by atoms with Crippen molar-refractivity contribution in [2.45, 2.75) is 57.8 Å². The van der Waals surface area contributed by atoms with E-state index in [-0.39, 0.29) is 10.8 Å². The third-order valence-corrected chi connectivity index (χ3v) is 15.1. The molecule has 308 valence electrons. The smallest absolute Gasteiger partial charge is 0.0720 e. The Balaban J connectivity index is 1.07. The molecule has 0 aromatic heterocycles. The topological polar surface area (TPSA) is 3.24 Å². The largest absolute Gasteiger partial charge is 0.310 e. The molecule has 0 fully saturated rings. The second kappa shape index (κ2) is 13.9. The van der Waals surface area contributed by atoms with Crippen molar-refractivity contribution >= 4 is 17.1 Å². The third-order valence-electron chi connectivity index (χ3n) is 15.1. The Labute approximate surface area is 378 Å². The van der Waals surface area contributed by atoms with Gasteiger partial charge in [0.25, 0.3) is 0 Å². The van der Waals surface area contributed by atoms with Gasteiger partial charge in [-0.25, -0.2) is 0 Å². The number of nitrogens with zero attached hydrogens (tertiary/aromatic N) is 1. The fourth-order valence-electron chi connectivity index (χ4n) is 12.0. The van der Waals surface area contributed by atoms with E-state index in [2.05, 4.69) is 247 Å². The molecular formula is C63H51N. The first-order chi connectivity index (χ1) is 31.1. The first-order valence-electron chi connectivity index (χ1n) is 22.8. The molecule has 0 bridgehead atoms. The summed E-state index contributed by atoms with van der Waals surface area (Å²) in [7, 11) is 0. The molecule has 0 radical (unpaired) electrons. The van der Waals surface area contributed by atoms with Crippen LogP contribution in [-0.2, 0) is 16.2 Å². The van der Waals surface area contributed by atoms with E-state index in [0.717, 1.165) is 11.4 Å². The summed E-state index contributed by atoms with van der Waals surface area (Å²) in [5, 5.41) is 0. The van der Waals surface area contributed by atoms with Gasteiger partial charge in [0.1, 0.15) is 0 Å². The van der Waals surface area contributed by atoms with Crippen LogP contribution in [0.15, 0.2) is 200 Å². The molecule has 12 rings (SSSR count). The fourth-order valence-corrected chi connectivity index (χ4v) is 12.0. The van der Waals surface area contributed by atoms with Gasteiger partial charge in [0.05, 0.1) is 5.41 Å². The quantitative estimate of drug-likeness (QED) is 0.167. The van der Waals surface area contributed by atoms with Crippen molar-refractivity contribution < 1.29 is 0 Å². The van der Waals surface area contributed by atoms with Crippen LogP contribution in [0.4, 0.5) is 17.1 Å². The van der Waals surface area contributed by atoms with Crippen LogP contribution in [0.25, 0.3) is 44.5 Å². The molecule has 0 saturated carbocycles. The highest BCUT2D eigenvalue weighted by Gasteiger charge is 2.53. The average molecular weight is 822 g/mol. The van der Waals surface area contributed by atoms with E-state index in [1.165, 1.54) is 106 Å². The summed E-state index contributed by atoms with van der Waals surface area (Å²) in [4.78, 5) is 2.53. The van der Waals surface area contributed by atoms with E-state index in [4.69, 9.17) is 0 Å². The van der Waals surface area contributed by atoms with Crippen molar-refractivity contribution in [3.63, 3.8) is 0 Å². The van der Waals surface area contributed by atoms with Crippen LogP contribution in [0.5, 0.6) is 0 Å². The Bertz CT molecular complexity index is 3310. The van der Waals surface area contributed by atoms with Gasteiger partial charge in [-0.15, -0.1) is 0 Å².